The minimum atomic E-state index is -2.31. The van der Waals surface area contributed by atoms with Crippen molar-refractivity contribution in [1.29, 1.82) is 0 Å². The monoisotopic (exact) mass is 800 g/mol. The topological polar surface area (TPSA) is 36.9 Å². The second-order valence-electron chi connectivity index (χ2n) is 9.50. The van der Waals surface area contributed by atoms with E-state index < -0.39 is 31.2 Å². The molecule has 0 N–H and O–H groups in total. The van der Waals surface area contributed by atoms with Crippen molar-refractivity contribution in [2.75, 3.05) is 63.0 Å². The summed E-state index contributed by atoms with van der Waals surface area (Å²) in [4.78, 5) is 0. The van der Waals surface area contributed by atoms with Gasteiger partial charge in [-0.3, -0.25) is 0 Å². The minimum absolute atomic E-state index is 0.460. The van der Waals surface area contributed by atoms with Crippen LogP contribution < -0.4 is 0 Å². The molecule has 1 rings (SSSR count). The third-order valence-corrected chi connectivity index (χ3v) is 68.1. The second kappa shape index (κ2) is 25.5. The maximum atomic E-state index is 5.94. The zero-order valence-corrected chi connectivity index (χ0v) is 32.8. The molecule has 0 aromatic heterocycles. The Morgan fingerprint density at radius 3 is 0.917 bits per heavy atom. The molecule has 1 aliphatic rings. The molecule has 1 saturated heterocycles. The van der Waals surface area contributed by atoms with E-state index in [1.54, 1.807) is 0 Å². The van der Waals surface area contributed by atoms with Gasteiger partial charge in [-0.05, 0) is 0 Å². The molecule has 0 saturated carbocycles. The Kier molecular flexibility index (Phi) is 26.2. The van der Waals surface area contributed by atoms with Crippen LogP contribution in [0, 0.1) is 0 Å². The van der Waals surface area contributed by atoms with Crippen LogP contribution in [-0.4, -0.2) is 94.2 Å². The van der Waals surface area contributed by atoms with Gasteiger partial charge in [0.05, 0.1) is 0 Å². The van der Waals surface area contributed by atoms with Crippen molar-refractivity contribution in [3.63, 3.8) is 0 Å². The molecule has 0 amide bonds. The molecule has 1 heterocycles. The number of hydrogen-bond donors (Lipinski definition) is 0. The van der Waals surface area contributed by atoms with E-state index in [4.69, 9.17) is 18.9 Å². The van der Waals surface area contributed by atoms with Gasteiger partial charge >= 0.3 is 246 Å². The first-order chi connectivity index (χ1) is 17.7. The summed E-state index contributed by atoms with van der Waals surface area (Å²) in [5.74, 6) is 4.51. The molecule has 36 heavy (non-hydrogen) atoms. The van der Waals surface area contributed by atoms with Crippen LogP contribution in [0.5, 0.6) is 0 Å². The molecular formula is C26H56O4S4Sn2. The molecule has 216 valence electrons. The van der Waals surface area contributed by atoms with Gasteiger partial charge in [-0.25, -0.2) is 0 Å². The normalized spacial score (nSPS) is 21.7. The van der Waals surface area contributed by atoms with Crippen LogP contribution >= 0.6 is 35.8 Å². The van der Waals surface area contributed by atoms with Gasteiger partial charge in [0.1, 0.15) is 0 Å². The Hall–Kier alpha value is 2.84. The van der Waals surface area contributed by atoms with E-state index in [0.717, 1.165) is 49.4 Å². The molecule has 0 bridgehead atoms. The van der Waals surface area contributed by atoms with Gasteiger partial charge in [0.15, 0.2) is 0 Å². The van der Waals surface area contributed by atoms with Crippen LogP contribution in [0.1, 0.15) is 79.1 Å². The van der Waals surface area contributed by atoms with Crippen molar-refractivity contribution >= 4 is 67.0 Å². The fraction of sp³-hybridized carbons (Fsp3) is 1.00. The first kappa shape index (κ1) is 36.9. The van der Waals surface area contributed by atoms with Gasteiger partial charge in [-0.15, -0.1) is 0 Å². The Bertz CT molecular complexity index is 413. The third kappa shape index (κ3) is 18.3. The summed E-state index contributed by atoms with van der Waals surface area (Å²) in [7, 11) is 9.28. The quantitative estimate of drug-likeness (QED) is 0.181. The SMILES string of the molecule is CCC[CH2][Sn]1([CH2]CCC)[S]CCOCOCC[S][Sn]([CH2]CCC)([CH2]CCC)[S]CCOCOCC[S]1. The molecule has 0 unspecified atom stereocenters. The molecule has 0 spiro atoms. The van der Waals surface area contributed by atoms with Crippen molar-refractivity contribution in [3.05, 3.63) is 0 Å². The van der Waals surface area contributed by atoms with E-state index in [2.05, 4.69) is 63.5 Å². The first-order valence-electron chi connectivity index (χ1n) is 14.5. The molecular weight excluding hydrogens is 742 g/mol. The van der Waals surface area contributed by atoms with Crippen LogP contribution in [0.15, 0.2) is 0 Å². The van der Waals surface area contributed by atoms with Crippen LogP contribution in [0.25, 0.3) is 0 Å². The van der Waals surface area contributed by atoms with E-state index in [1.165, 1.54) is 69.1 Å². The summed E-state index contributed by atoms with van der Waals surface area (Å²) in [6.07, 6.45) is 10.7. The summed E-state index contributed by atoms with van der Waals surface area (Å²) in [6, 6.07) is 0. The first-order valence-corrected chi connectivity index (χ1v) is 40.5. The summed E-state index contributed by atoms with van der Waals surface area (Å²) >= 11 is -4.61. The Balaban J connectivity index is 2.68. The van der Waals surface area contributed by atoms with Gasteiger partial charge in [0, 0.05) is 0 Å². The zero-order valence-electron chi connectivity index (χ0n) is 23.8. The fourth-order valence-electron chi connectivity index (χ4n) is 4.20. The third-order valence-electron chi connectivity index (χ3n) is 6.35. The van der Waals surface area contributed by atoms with Crippen LogP contribution in [0.4, 0.5) is 0 Å². The standard InChI is InChI=1S/2C5H12O2S2.4C4H9.2Sn/c2*8-3-1-6-5-7-2-4-9;4*1-3-4-2;;/h2*8-9H,1-5H2;4*1,3-4H2,2H3;;/q;;;;;;2*+2/p-4. The van der Waals surface area contributed by atoms with E-state index in [0.29, 0.717) is 13.6 Å². The van der Waals surface area contributed by atoms with Crippen molar-refractivity contribution in [2.24, 2.45) is 0 Å². The van der Waals surface area contributed by atoms with Crippen LogP contribution in [0.2, 0.25) is 17.7 Å². The average Bonchev–Trinajstić information content (AvgIpc) is 2.89. The van der Waals surface area contributed by atoms with Crippen molar-refractivity contribution in [3.8, 4) is 0 Å². The summed E-state index contributed by atoms with van der Waals surface area (Å²) in [5, 5.41) is 0. The van der Waals surface area contributed by atoms with Gasteiger partial charge < -0.3 is 0 Å². The molecule has 0 aromatic rings. The van der Waals surface area contributed by atoms with Gasteiger partial charge in [0.25, 0.3) is 0 Å². The molecule has 0 aliphatic carbocycles. The Labute approximate surface area is 243 Å². The zero-order chi connectivity index (χ0) is 26.2. The summed E-state index contributed by atoms with van der Waals surface area (Å²) < 4.78 is 29.7. The number of unbranched alkanes of at least 4 members (excludes halogenated alkanes) is 4. The van der Waals surface area contributed by atoms with E-state index >= 15 is 0 Å². The molecule has 0 aromatic carbocycles. The van der Waals surface area contributed by atoms with E-state index in [9.17, 15) is 0 Å². The average molecular weight is 798 g/mol. The number of hydrogen-bond acceptors (Lipinski definition) is 8. The van der Waals surface area contributed by atoms with Crippen LogP contribution in [0.3, 0.4) is 0 Å². The predicted molar refractivity (Wildman–Crippen MR) is 174 cm³/mol. The van der Waals surface area contributed by atoms with Gasteiger partial charge in [0.2, 0.25) is 0 Å². The summed E-state index contributed by atoms with van der Waals surface area (Å²) in [5.41, 5.74) is 0. The van der Waals surface area contributed by atoms with Gasteiger partial charge in [-0.2, -0.15) is 0 Å². The van der Waals surface area contributed by atoms with Crippen molar-refractivity contribution in [2.45, 2.75) is 96.8 Å². The molecule has 0 radical (unpaired) electrons. The Morgan fingerprint density at radius 1 is 0.444 bits per heavy atom. The van der Waals surface area contributed by atoms with E-state index in [-0.39, 0.29) is 0 Å². The number of rotatable bonds is 12. The second-order valence-corrected chi connectivity index (χ2v) is 62.7. The Morgan fingerprint density at radius 2 is 0.694 bits per heavy atom. The molecule has 1 aliphatic heterocycles. The fourth-order valence-corrected chi connectivity index (χ4v) is 64.1. The predicted octanol–water partition coefficient (Wildman–Crippen LogP) is 9.00. The molecule has 10 heteroatoms. The van der Waals surface area contributed by atoms with Crippen molar-refractivity contribution < 1.29 is 18.9 Å². The number of ether oxygens (including phenoxy) is 4. The van der Waals surface area contributed by atoms with E-state index in [1.807, 2.05) is 0 Å². The maximum absolute atomic E-state index is 5.94. The molecule has 4 nitrogen and oxygen atoms in total. The molecule has 1 fully saturated rings. The summed E-state index contributed by atoms with van der Waals surface area (Å²) in [6.45, 7) is 13.6. The van der Waals surface area contributed by atoms with Crippen LogP contribution in [-0.2, 0) is 18.9 Å². The molecule has 0 atom stereocenters. The van der Waals surface area contributed by atoms with Gasteiger partial charge in [-0.1, -0.05) is 0 Å². The van der Waals surface area contributed by atoms with Crippen molar-refractivity contribution in [1.82, 2.24) is 0 Å².